The van der Waals surface area contributed by atoms with Crippen molar-refractivity contribution >= 4 is 5.97 Å². The van der Waals surface area contributed by atoms with Crippen LogP contribution in [0.5, 0.6) is 0 Å². The molecule has 0 aromatic rings. The van der Waals surface area contributed by atoms with Gasteiger partial charge in [0.25, 0.3) is 0 Å². The Hall–Kier alpha value is -0.530. The standard InChI is InChI=1S/C11H22O2/c1-9(2)5-4-6-10(3)7-8-11(12)13/h9-10H,4-8H2,1-3H3,(H,12,13)/p-1. The first-order valence-corrected chi connectivity index (χ1v) is 5.22. The van der Waals surface area contributed by atoms with Crippen molar-refractivity contribution in [1.82, 2.24) is 0 Å². The number of carboxylic acids is 1. The van der Waals surface area contributed by atoms with E-state index >= 15 is 0 Å². The molecular weight excluding hydrogens is 164 g/mol. The number of hydrogen-bond acceptors (Lipinski definition) is 2. The van der Waals surface area contributed by atoms with Crippen LogP contribution >= 0.6 is 0 Å². The lowest BCUT2D eigenvalue weighted by Gasteiger charge is -2.12. The van der Waals surface area contributed by atoms with Crippen LogP contribution < -0.4 is 5.11 Å². The van der Waals surface area contributed by atoms with Crippen LogP contribution in [0.25, 0.3) is 0 Å². The lowest BCUT2D eigenvalue weighted by Crippen LogP contribution is -2.22. The van der Waals surface area contributed by atoms with Gasteiger partial charge in [0.15, 0.2) is 0 Å². The van der Waals surface area contributed by atoms with Gasteiger partial charge < -0.3 is 9.90 Å². The average molecular weight is 185 g/mol. The molecule has 0 N–H and O–H groups in total. The molecule has 0 saturated carbocycles. The zero-order valence-electron chi connectivity index (χ0n) is 9.01. The number of carboxylic acid groups (broad SMARTS) is 1. The molecule has 0 fully saturated rings. The SMILES string of the molecule is CC(C)CCCC(C)CCC(=O)[O-]. The van der Waals surface area contributed by atoms with Gasteiger partial charge in [0.1, 0.15) is 0 Å². The average Bonchev–Trinajstić information content (AvgIpc) is 2.00. The Morgan fingerprint density at radius 1 is 1.15 bits per heavy atom. The Kier molecular flexibility index (Phi) is 6.65. The smallest absolute Gasteiger partial charge is 0.0414 e. The molecule has 1 unspecified atom stereocenters. The van der Waals surface area contributed by atoms with Crippen LogP contribution in [-0.2, 0) is 4.79 Å². The Bertz CT molecular complexity index is 141. The van der Waals surface area contributed by atoms with E-state index in [1.165, 1.54) is 12.8 Å². The summed E-state index contributed by atoms with van der Waals surface area (Å²) in [5, 5.41) is 10.2. The third-order valence-electron chi connectivity index (χ3n) is 2.32. The van der Waals surface area contributed by atoms with Gasteiger partial charge >= 0.3 is 0 Å². The number of carbonyl (C=O) groups excluding carboxylic acids is 1. The highest BCUT2D eigenvalue weighted by Gasteiger charge is 2.02. The molecule has 2 heteroatoms. The maximum Gasteiger partial charge on any atom is 0.0414 e. The quantitative estimate of drug-likeness (QED) is 0.608. The molecule has 13 heavy (non-hydrogen) atoms. The van der Waals surface area contributed by atoms with E-state index in [1.807, 2.05) is 0 Å². The molecule has 0 radical (unpaired) electrons. The predicted octanol–water partition coefficient (Wildman–Crippen LogP) is 1.98. The molecule has 0 heterocycles. The molecule has 0 rings (SSSR count). The summed E-state index contributed by atoms with van der Waals surface area (Å²) in [7, 11) is 0. The van der Waals surface area contributed by atoms with E-state index in [1.54, 1.807) is 0 Å². The van der Waals surface area contributed by atoms with Crippen LogP contribution in [-0.4, -0.2) is 5.97 Å². The highest BCUT2D eigenvalue weighted by molar-refractivity contribution is 5.64. The molecular formula is C11H21O2-. The third kappa shape index (κ3) is 9.38. The Balaban J connectivity index is 3.30. The molecule has 0 saturated heterocycles. The highest BCUT2D eigenvalue weighted by Crippen LogP contribution is 2.16. The zero-order chi connectivity index (χ0) is 10.3. The summed E-state index contributed by atoms with van der Waals surface area (Å²) in [6, 6.07) is 0. The molecule has 0 aliphatic heterocycles. The first-order chi connectivity index (χ1) is 6.02. The molecule has 0 aromatic heterocycles. The van der Waals surface area contributed by atoms with Crippen molar-refractivity contribution < 1.29 is 9.90 Å². The predicted molar refractivity (Wildman–Crippen MR) is 52.1 cm³/mol. The van der Waals surface area contributed by atoms with Gasteiger partial charge in [-0.15, -0.1) is 0 Å². The summed E-state index contributed by atoms with van der Waals surface area (Å²) in [5.74, 6) is 0.362. The largest absolute Gasteiger partial charge is 0.550 e. The molecule has 78 valence electrons. The Morgan fingerprint density at radius 3 is 2.23 bits per heavy atom. The van der Waals surface area contributed by atoms with E-state index < -0.39 is 5.97 Å². The van der Waals surface area contributed by atoms with E-state index in [9.17, 15) is 9.90 Å². The van der Waals surface area contributed by atoms with Gasteiger partial charge in [-0.05, 0) is 24.7 Å². The van der Waals surface area contributed by atoms with Crippen molar-refractivity contribution in [3.05, 3.63) is 0 Å². The summed E-state index contributed by atoms with van der Waals surface area (Å²) < 4.78 is 0. The number of carbonyl (C=O) groups is 1. The fraction of sp³-hybridized carbons (Fsp3) is 0.909. The van der Waals surface area contributed by atoms with Crippen molar-refractivity contribution in [2.75, 3.05) is 0 Å². The topological polar surface area (TPSA) is 40.1 Å². The van der Waals surface area contributed by atoms with Crippen LogP contribution in [0, 0.1) is 11.8 Å². The number of rotatable bonds is 7. The van der Waals surface area contributed by atoms with Gasteiger partial charge in [-0.2, -0.15) is 0 Å². The van der Waals surface area contributed by atoms with Gasteiger partial charge in [0.05, 0.1) is 0 Å². The first kappa shape index (κ1) is 12.5. The molecule has 0 aromatic carbocycles. The van der Waals surface area contributed by atoms with E-state index in [0.29, 0.717) is 5.92 Å². The third-order valence-corrected chi connectivity index (χ3v) is 2.32. The number of hydrogen-bond donors (Lipinski definition) is 0. The fourth-order valence-corrected chi connectivity index (χ4v) is 1.38. The van der Waals surface area contributed by atoms with E-state index in [4.69, 9.17) is 0 Å². The minimum atomic E-state index is -0.921. The van der Waals surface area contributed by atoms with Crippen LogP contribution in [0.15, 0.2) is 0 Å². The fourth-order valence-electron chi connectivity index (χ4n) is 1.38. The monoisotopic (exact) mass is 185 g/mol. The first-order valence-electron chi connectivity index (χ1n) is 5.22. The summed E-state index contributed by atoms with van der Waals surface area (Å²) >= 11 is 0. The highest BCUT2D eigenvalue weighted by atomic mass is 16.4. The molecule has 0 aliphatic carbocycles. The Labute approximate surface area is 81.3 Å². The van der Waals surface area contributed by atoms with Crippen LogP contribution in [0.1, 0.15) is 52.9 Å². The summed E-state index contributed by atoms with van der Waals surface area (Å²) in [4.78, 5) is 10.2. The molecule has 0 amide bonds. The van der Waals surface area contributed by atoms with Gasteiger partial charge in [-0.25, -0.2) is 0 Å². The second kappa shape index (κ2) is 6.93. The van der Waals surface area contributed by atoms with E-state index in [2.05, 4.69) is 20.8 Å². The second-order valence-electron chi connectivity index (χ2n) is 4.34. The van der Waals surface area contributed by atoms with Crippen LogP contribution in [0.4, 0.5) is 0 Å². The minimum absolute atomic E-state index is 0.211. The second-order valence-corrected chi connectivity index (χ2v) is 4.34. The van der Waals surface area contributed by atoms with Crippen molar-refractivity contribution in [3.8, 4) is 0 Å². The van der Waals surface area contributed by atoms with Gasteiger partial charge in [0, 0.05) is 5.97 Å². The van der Waals surface area contributed by atoms with Crippen molar-refractivity contribution in [2.45, 2.75) is 52.9 Å². The minimum Gasteiger partial charge on any atom is -0.550 e. The van der Waals surface area contributed by atoms with Crippen LogP contribution in [0.3, 0.4) is 0 Å². The maximum atomic E-state index is 10.2. The Morgan fingerprint density at radius 2 is 1.77 bits per heavy atom. The van der Waals surface area contributed by atoms with Crippen molar-refractivity contribution in [2.24, 2.45) is 11.8 Å². The van der Waals surface area contributed by atoms with Crippen molar-refractivity contribution in [1.29, 1.82) is 0 Å². The van der Waals surface area contributed by atoms with Crippen LogP contribution in [0.2, 0.25) is 0 Å². The molecule has 1 atom stereocenters. The summed E-state index contributed by atoms with van der Waals surface area (Å²) in [6.45, 7) is 6.54. The van der Waals surface area contributed by atoms with Gasteiger partial charge in [-0.1, -0.05) is 40.0 Å². The summed E-state index contributed by atoms with van der Waals surface area (Å²) in [6.07, 6.45) is 4.58. The normalized spacial score (nSPS) is 13.2. The van der Waals surface area contributed by atoms with E-state index in [0.717, 1.165) is 18.8 Å². The maximum absolute atomic E-state index is 10.2. The zero-order valence-corrected chi connectivity index (χ0v) is 9.01. The number of aliphatic carboxylic acids is 1. The van der Waals surface area contributed by atoms with E-state index in [-0.39, 0.29) is 6.42 Å². The molecule has 0 aliphatic rings. The lowest BCUT2D eigenvalue weighted by molar-refractivity contribution is -0.306. The molecule has 2 nitrogen and oxygen atoms in total. The van der Waals surface area contributed by atoms with Crippen molar-refractivity contribution in [3.63, 3.8) is 0 Å². The molecule has 0 spiro atoms. The molecule has 0 bridgehead atoms. The lowest BCUT2D eigenvalue weighted by atomic mass is 9.96. The van der Waals surface area contributed by atoms with Gasteiger partial charge in [0.2, 0.25) is 0 Å². The van der Waals surface area contributed by atoms with Gasteiger partial charge in [-0.3, -0.25) is 0 Å². The summed E-state index contributed by atoms with van der Waals surface area (Å²) in [5.41, 5.74) is 0.